The quantitative estimate of drug-likeness (QED) is 0.471. The minimum Gasteiger partial charge on any atom is -0.494 e. The lowest BCUT2D eigenvalue weighted by atomic mass is 10.1. The number of hydrogen-bond acceptors (Lipinski definition) is 8. The summed E-state index contributed by atoms with van der Waals surface area (Å²) in [5.41, 5.74) is -0.0649. The molecule has 0 spiro atoms. The van der Waals surface area contributed by atoms with E-state index in [4.69, 9.17) is 8.85 Å². The number of aryl methyl sites for hydroxylation is 1. The van der Waals surface area contributed by atoms with Gasteiger partial charge in [-0.3, -0.25) is 9.59 Å². The molecule has 166 valence electrons. The third-order valence-electron chi connectivity index (χ3n) is 4.75. The van der Waals surface area contributed by atoms with Crippen LogP contribution in [0.2, 0.25) is 0 Å². The van der Waals surface area contributed by atoms with Crippen molar-refractivity contribution in [3.63, 3.8) is 0 Å². The number of ether oxygens (including phenoxy) is 1. The highest BCUT2D eigenvalue weighted by Crippen LogP contribution is 2.37. The van der Waals surface area contributed by atoms with Crippen LogP contribution in [0.25, 0.3) is 11.4 Å². The van der Waals surface area contributed by atoms with Crippen LogP contribution in [-0.2, 0) is 11.8 Å². The molecular weight excluding hydrogens is 419 g/mol. The van der Waals surface area contributed by atoms with E-state index in [-0.39, 0.29) is 40.6 Å². The van der Waals surface area contributed by atoms with Crippen LogP contribution < -0.4 is 20.7 Å². The minimum atomic E-state index is -2.87. The van der Waals surface area contributed by atoms with Crippen molar-refractivity contribution >= 4 is 29.0 Å². The zero-order valence-corrected chi connectivity index (χ0v) is 17.1. The zero-order valence-electron chi connectivity index (χ0n) is 20.1. The monoisotopic (exact) mass is 443 g/mol. The number of rotatable bonds is 7. The Balaban J connectivity index is 1.77. The first-order chi connectivity index (χ1) is 16.6. The normalized spacial score (nSPS) is 14.7. The SMILES string of the molecule is [2H]C([2H])([2H])NC(=O)c1c(Nc2cccc(-c3nnn(C)n3)c2OC)cc(NC(=O)C2CC2)nc1F. The molecule has 32 heavy (non-hydrogen) atoms. The highest BCUT2D eigenvalue weighted by molar-refractivity contribution is 6.02. The van der Waals surface area contributed by atoms with Crippen LogP contribution in [0.15, 0.2) is 24.3 Å². The van der Waals surface area contributed by atoms with Gasteiger partial charge in [0.2, 0.25) is 17.7 Å². The van der Waals surface area contributed by atoms with Gasteiger partial charge < -0.3 is 20.7 Å². The van der Waals surface area contributed by atoms with Crippen LogP contribution in [-0.4, -0.2) is 51.1 Å². The molecule has 12 heteroatoms. The number of aromatic nitrogens is 5. The topological polar surface area (TPSA) is 136 Å². The van der Waals surface area contributed by atoms with Gasteiger partial charge in [-0.2, -0.15) is 9.19 Å². The maximum atomic E-state index is 15.0. The molecule has 2 aromatic heterocycles. The first-order valence-corrected chi connectivity index (χ1v) is 9.58. The second-order valence-corrected chi connectivity index (χ2v) is 7.05. The van der Waals surface area contributed by atoms with Gasteiger partial charge in [0.15, 0.2) is 5.75 Å². The number of nitrogens with zero attached hydrogens (tertiary/aromatic N) is 5. The van der Waals surface area contributed by atoms with E-state index >= 15 is 4.39 Å². The summed E-state index contributed by atoms with van der Waals surface area (Å²) in [7, 11) is 3.00. The molecular formula is C20H21FN8O3. The first-order valence-electron chi connectivity index (χ1n) is 11.1. The van der Waals surface area contributed by atoms with E-state index in [0.29, 0.717) is 5.56 Å². The number of methoxy groups -OCH3 is 1. The molecule has 11 nitrogen and oxygen atoms in total. The molecule has 1 aliphatic carbocycles. The number of pyridine rings is 1. The van der Waals surface area contributed by atoms with Crippen molar-refractivity contribution in [1.29, 1.82) is 0 Å². The van der Waals surface area contributed by atoms with E-state index < -0.39 is 24.4 Å². The van der Waals surface area contributed by atoms with Crippen LogP contribution >= 0.6 is 0 Å². The van der Waals surface area contributed by atoms with Crippen molar-refractivity contribution in [1.82, 2.24) is 30.5 Å². The average molecular weight is 443 g/mol. The maximum absolute atomic E-state index is 15.0. The molecule has 0 unspecified atom stereocenters. The third kappa shape index (κ3) is 4.19. The maximum Gasteiger partial charge on any atom is 0.257 e. The van der Waals surface area contributed by atoms with E-state index in [2.05, 4.69) is 31.0 Å². The molecule has 2 amide bonds. The lowest BCUT2D eigenvalue weighted by Crippen LogP contribution is -2.23. The summed E-state index contributed by atoms with van der Waals surface area (Å²) in [5.74, 6) is -2.62. The van der Waals surface area contributed by atoms with E-state index in [1.54, 1.807) is 30.6 Å². The number of amides is 2. The highest BCUT2D eigenvalue weighted by Gasteiger charge is 2.30. The Hall–Kier alpha value is -4.09. The summed E-state index contributed by atoms with van der Waals surface area (Å²) in [6, 6.07) is 6.15. The fourth-order valence-electron chi connectivity index (χ4n) is 3.10. The van der Waals surface area contributed by atoms with Gasteiger partial charge in [-0.15, -0.1) is 10.2 Å². The number of benzene rings is 1. The standard InChI is InChI=1S/C20H21FN8O3/c1-22-20(31)15-13(9-14(24-17(15)21)25-19(30)10-7-8-10)23-12-6-4-5-11(16(12)32-3)18-26-28-29(2)27-18/h4-6,9-10H,7-8H2,1-3H3,(H,22,31)(H2,23,24,25,30)/i1D3. The fourth-order valence-corrected chi connectivity index (χ4v) is 3.10. The molecule has 0 aliphatic heterocycles. The van der Waals surface area contributed by atoms with Crippen LogP contribution in [0, 0.1) is 11.9 Å². The summed E-state index contributed by atoms with van der Waals surface area (Å²) in [6.07, 6.45) is 1.44. The molecule has 1 aromatic carbocycles. The van der Waals surface area contributed by atoms with Gasteiger partial charge in [0.25, 0.3) is 5.91 Å². The van der Waals surface area contributed by atoms with Crippen LogP contribution in [0.4, 0.5) is 21.6 Å². The molecule has 3 N–H and O–H groups in total. The van der Waals surface area contributed by atoms with Crippen LogP contribution in [0.3, 0.4) is 0 Å². The van der Waals surface area contributed by atoms with Crippen LogP contribution in [0.5, 0.6) is 5.75 Å². The molecule has 1 aliphatic rings. The summed E-state index contributed by atoms with van der Waals surface area (Å²) in [4.78, 5) is 29.7. The Labute approximate surface area is 186 Å². The molecule has 0 bridgehead atoms. The van der Waals surface area contributed by atoms with Crippen molar-refractivity contribution in [2.75, 3.05) is 24.7 Å². The van der Waals surface area contributed by atoms with Crippen molar-refractivity contribution < 1.29 is 22.8 Å². The van der Waals surface area contributed by atoms with Gasteiger partial charge in [0.05, 0.1) is 31.1 Å². The van der Waals surface area contributed by atoms with E-state index in [1.165, 1.54) is 18.0 Å². The Bertz CT molecular complexity index is 1290. The number of tetrazole rings is 1. The van der Waals surface area contributed by atoms with E-state index in [1.807, 2.05) is 0 Å². The summed E-state index contributed by atoms with van der Waals surface area (Å²) in [5, 5.41) is 19.1. The number of halogens is 1. The number of nitrogens with one attached hydrogen (secondary N) is 3. The number of hydrogen-bond donors (Lipinski definition) is 3. The largest absolute Gasteiger partial charge is 0.494 e. The van der Waals surface area contributed by atoms with Gasteiger partial charge >= 0.3 is 0 Å². The number of para-hydroxylation sites is 1. The molecule has 0 saturated heterocycles. The molecule has 0 atom stereocenters. The average Bonchev–Trinajstić information content (AvgIpc) is 3.53. The van der Waals surface area contributed by atoms with E-state index in [9.17, 15) is 9.59 Å². The number of anilines is 3. The van der Waals surface area contributed by atoms with Crippen LogP contribution in [0.1, 0.15) is 27.3 Å². The van der Waals surface area contributed by atoms with Gasteiger partial charge in [-0.1, -0.05) is 6.07 Å². The highest BCUT2D eigenvalue weighted by atomic mass is 19.1. The zero-order chi connectivity index (χ0) is 25.3. The second-order valence-electron chi connectivity index (χ2n) is 7.05. The second kappa shape index (κ2) is 8.57. The smallest absolute Gasteiger partial charge is 0.257 e. The summed E-state index contributed by atoms with van der Waals surface area (Å²) in [6.45, 7) is -2.87. The predicted octanol–water partition coefficient (Wildman–Crippen LogP) is 1.87. The molecule has 3 aromatic rings. The lowest BCUT2D eigenvalue weighted by Gasteiger charge is -2.17. The fraction of sp³-hybridized carbons (Fsp3) is 0.300. The molecule has 2 heterocycles. The van der Waals surface area contributed by atoms with Gasteiger partial charge in [0.1, 0.15) is 11.4 Å². The van der Waals surface area contributed by atoms with E-state index in [0.717, 1.165) is 12.8 Å². The lowest BCUT2D eigenvalue weighted by molar-refractivity contribution is -0.117. The van der Waals surface area contributed by atoms with Crippen molar-refractivity contribution in [2.24, 2.45) is 13.0 Å². The summed E-state index contributed by atoms with van der Waals surface area (Å²) >= 11 is 0. The Morgan fingerprint density at radius 2 is 2.12 bits per heavy atom. The third-order valence-corrected chi connectivity index (χ3v) is 4.75. The van der Waals surface area contributed by atoms with Crippen molar-refractivity contribution in [3.8, 4) is 17.1 Å². The Kier molecular flexibility index (Phi) is 4.71. The van der Waals surface area contributed by atoms with Gasteiger partial charge in [-0.25, -0.2) is 4.98 Å². The predicted molar refractivity (Wildman–Crippen MR) is 113 cm³/mol. The molecule has 1 fully saturated rings. The van der Waals surface area contributed by atoms with Crippen molar-refractivity contribution in [2.45, 2.75) is 12.8 Å². The Morgan fingerprint density at radius 1 is 1.31 bits per heavy atom. The van der Waals surface area contributed by atoms with Gasteiger partial charge in [0, 0.05) is 23.1 Å². The number of carbonyl (C=O) groups excluding carboxylic acids is 2. The minimum absolute atomic E-state index is 0.141. The van der Waals surface area contributed by atoms with Gasteiger partial charge in [-0.05, 0) is 30.2 Å². The Morgan fingerprint density at radius 3 is 2.78 bits per heavy atom. The first kappa shape index (κ1) is 17.6. The number of carbonyl (C=O) groups is 2. The molecule has 4 rings (SSSR count). The van der Waals surface area contributed by atoms with Crippen molar-refractivity contribution in [3.05, 3.63) is 35.8 Å². The molecule has 1 saturated carbocycles. The summed E-state index contributed by atoms with van der Waals surface area (Å²) < 4.78 is 42.4. The molecule has 0 radical (unpaired) electrons.